The Morgan fingerprint density at radius 3 is 2.95 bits per heavy atom. The molecule has 2 unspecified atom stereocenters. The van der Waals surface area contributed by atoms with Gasteiger partial charge in [0.2, 0.25) is 0 Å². The van der Waals surface area contributed by atoms with Gasteiger partial charge in [0, 0.05) is 13.3 Å². The highest BCUT2D eigenvalue weighted by atomic mass is 16.5. The van der Waals surface area contributed by atoms with Crippen molar-refractivity contribution in [1.29, 1.82) is 0 Å². The summed E-state index contributed by atoms with van der Waals surface area (Å²) in [6.07, 6.45) is 6.24. The van der Waals surface area contributed by atoms with Crippen molar-refractivity contribution >= 4 is 5.91 Å². The van der Waals surface area contributed by atoms with Gasteiger partial charge in [-0.2, -0.15) is 0 Å². The van der Waals surface area contributed by atoms with Crippen LogP contribution in [0.5, 0.6) is 0 Å². The molecule has 1 aromatic heterocycles. The van der Waals surface area contributed by atoms with Gasteiger partial charge in [-0.25, -0.2) is 0 Å². The number of hydrogen-bond acceptors (Lipinski definition) is 4. The maximum Gasteiger partial charge on any atom is 0.267 e. The third-order valence-electron chi connectivity index (χ3n) is 4.22. The highest BCUT2D eigenvalue weighted by molar-refractivity contribution is 5.90. The van der Waals surface area contributed by atoms with Crippen molar-refractivity contribution in [2.75, 3.05) is 7.11 Å². The summed E-state index contributed by atoms with van der Waals surface area (Å²) in [6, 6.07) is 3.57. The van der Waals surface area contributed by atoms with Crippen LogP contribution in [0.25, 0.3) is 0 Å². The summed E-state index contributed by atoms with van der Waals surface area (Å²) >= 11 is 0. The molecule has 0 aliphatic heterocycles. The quantitative estimate of drug-likeness (QED) is 0.878. The molecule has 1 aliphatic rings. The van der Waals surface area contributed by atoms with Gasteiger partial charge in [0.25, 0.3) is 5.91 Å². The molecule has 4 N–H and O–H groups in total. The van der Waals surface area contributed by atoms with Gasteiger partial charge >= 0.3 is 0 Å². The fourth-order valence-electron chi connectivity index (χ4n) is 3.23. The first-order chi connectivity index (χ1) is 9.56. The maximum atomic E-state index is 11.3. The summed E-state index contributed by atoms with van der Waals surface area (Å²) in [5.41, 5.74) is 12.7. The van der Waals surface area contributed by atoms with E-state index >= 15 is 0 Å². The van der Waals surface area contributed by atoms with Crippen LogP contribution in [0, 0.1) is 5.92 Å². The van der Waals surface area contributed by atoms with Gasteiger partial charge in [0.05, 0.1) is 0 Å². The lowest BCUT2D eigenvalue weighted by Gasteiger charge is -2.44. The van der Waals surface area contributed by atoms with E-state index in [2.05, 4.69) is 11.9 Å². The van der Waals surface area contributed by atoms with Crippen LogP contribution in [0.4, 0.5) is 0 Å². The number of methoxy groups -OCH3 is 1. The number of carbonyl (C=O) groups is 1. The van der Waals surface area contributed by atoms with Crippen molar-refractivity contribution < 1.29 is 9.53 Å². The zero-order valence-corrected chi connectivity index (χ0v) is 11.9. The minimum atomic E-state index is -0.597. The Bertz CT molecular complexity index is 542. The Hall–Kier alpha value is -1.88. The lowest BCUT2D eigenvalue weighted by Crippen LogP contribution is -2.41. The molecule has 0 spiro atoms. The van der Waals surface area contributed by atoms with Crippen LogP contribution in [-0.2, 0) is 10.3 Å². The average Bonchev–Trinajstić information content (AvgIpc) is 2.47. The van der Waals surface area contributed by atoms with Gasteiger partial charge in [-0.3, -0.25) is 9.78 Å². The second-order valence-electron chi connectivity index (χ2n) is 5.22. The van der Waals surface area contributed by atoms with Crippen LogP contribution in [0.15, 0.2) is 30.1 Å². The lowest BCUT2D eigenvalue weighted by molar-refractivity contribution is -0.0432. The van der Waals surface area contributed by atoms with E-state index in [0.717, 1.165) is 30.4 Å². The maximum absolute atomic E-state index is 11.3. The summed E-state index contributed by atoms with van der Waals surface area (Å²) in [5.74, 6) is -0.279. The first-order valence-corrected chi connectivity index (χ1v) is 6.79. The topological polar surface area (TPSA) is 91.2 Å². The van der Waals surface area contributed by atoms with Gasteiger partial charge in [-0.05, 0) is 54.6 Å². The van der Waals surface area contributed by atoms with E-state index in [0.29, 0.717) is 0 Å². The fraction of sp³-hybridized carbons (Fsp3) is 0.467. The Morgan fingerprint density at radius 1 is 1.60 bits per heavy atom. The summed E-state index contributed by atoms with van der Waals surface area (Å²) in [5, 5.41) is 0. The number of aromatic nitrogens is 1. The largest absolute Gasteiger partial charge is 0.405 e. The number of carbonyl (C=O) groups excluding carboxylic acids is 1. The standard InChI is InChI=1S/C15H21N3O2/c1-10-4-3-5-12(9-16)15(10,20-2)11-6-7-18-13(8-11)14(17)19/h6-10H,3-5,16H2,1-2H3,(H2,17,19)/b12-9-. The Morgan fingerprint density at radius 2 is 2.35 bits per heavy atom. The number of nitrogens with two attached hydrogens (primary N) is 2. The van der Waals surface area contributed by atoms with Crippen LogP contribution in [-0.4, -0.2) is 18.0 Å². The molecular formula is C15H21N3O2. The summed E-state index contributed by atoms with van der Waals surface area (Å²) < 4.78 is 5.89. The van der Waals surface area contributed by atoms with Crippen molar-refractivity contribution in [2.45, 2.75) is 31.8 Å². The zero-order chi connectivity index (χ0) is 14.8. The molecule has 1 fully saturated rings. The van der Waals surface area contributed by atoms with E-state index in [4.69, 9.17) is 16.2 Å². The number of nitrogens with zero attached hydrogens (tertiary/aromatic N) is 1. The van der Waals surface area contributed by atoms with Gasteiger partial charge < -0.3 is 16.2 Å². The average molecular weight is 275 g/mol. The van der Waals surface area contributed by atoms with E-state index in [1.807, 2.05) is 6.07 Å². The molecule has 1 heterocycles. The summed E-state index contributed by atoms with van der Waals surface area (Å²) in [7, 11) is 1.68. The predicted molar refractivity (Wildman–Crippen MR) is 76.7 cm³/mol. The van der Waals surface area contributed by atoms with Crippen molar-refractivity contribution in [1.82, 2.24) is 4.98 Å². The molecule has 5 nitrogen and oxygen atoms in total. The zero-order valence-electron chi connectivity index (χ0n) is 11.9. The van der Waals surface area contributed by atoms with E-state index < -0.39 is 11.5 Å². The molecule has 108 valence electrons. The van der Waals surface area contributed by atoms with Gasteiger partial charge in [-0.1, -0.05) is 6.92 Å². The van der Waals surface area contributed by atoms with E-state index in [1.54, 1.807) is 25.6 Å². The molecule has 20 heavy (non-hydrogen) atoms. The second kappa shape index (κ2) is 5.63. The first kappa shape index (κ1) is 14.5. The van der Waals surface area contributed by atoms with Gasteiger partial charge in [0.15, 0.2) is 0 Å². The molecule has 5 heteroatoms. The van der Waals surface area contributed by atoms with Crippen molar-refractivity contribution in [3.05, 3.63) is 41.4 Å². The first-order valence-electron chi connectivity index (χ1n) is 6.79. The lowest BCUT2D eigenvalue weighted by atomic mass is 9.69. The van der Waals surface area contributed by atoms with Crippen LogP contribution < -0.4 is 11.5 Å². The van der Waals surface area contributed by atoms with E-state index in [1.165, 1.54) is 0 Å². The molecule has 2 atom stereocenters. The van der Waals surface area contributed by atoms with Crippen LogP contribution in [0.1, 0.15) is 42.2 Å². The van der Waals surface area contributed by atoms with E-state index in [9.17, 15) is 4.79 Å². The summed E-state index contributed by atoms with van der Waals surface area (Å²) in [6.45, 7) is 2.14. The van der Waals surface area contributed by atoms with Crippen LogP contribution in [0.2, 0.25) is 0 Å². The predicted octanol–water partition coefficient (Wildman–Crippen LogP) is 1.68. The van der Waals surface area contributed by atoms with Gasteiger partial charge in [-0.15, -0.1) is 0 Å². The third kappa shape index (κ3) is 2.18. The molecule has 2 rings (SSSR count). The SMILES string of the molecule is COC1(c2ccnc(C(N)=O)c2)/C(=C\N)CCCC1C. The minimum Gasteiger partial charge on any atom is -0.405 e. The molecule has 1 aromatic rings. The molecule has 0 bridgehead atoms. The molecule has 1 saturated carbocycles. The molecule has 1 amide bonds. The van der Waals surface area contributed by atoms with Gasteiger partial charge in [0.1, 0.15) is 11.3 Å². The Kier molecular flexibility index (Phi) is 4.09. The monoisotopic (exact) mass is 275 g/mol. The number of rotatable bonds is 3. The molecule has 0 saturated heterocycles. The van der Waals surface area contributed by atoms with Crippen molar-refractivity contribution in [2.24, 2.45) is 17.4 Å². The van der Waals surface area contributed by atoms with Crippen molar-refractivity contribution in [3.8, 4) is 0 Å². The van der Waals surface area contributed by atoms with E-state index in [-0.39, 0.29) is 11.6 Å². The molecule has 0 radical (unpaired) electrons. The Labute approximate surface area is 119 Å². The third-order valence-corrected chi connectivity index (χ3v) is 4.22. The molecular weight excluding hydrogens is 254 g/mol. The molecule has 1 aliphatic carbocycles. The number of hydrogen-bond donors (Lipinski definition) is 2. The van der Waals surface area contributed by atoms with Crippen LogP contribution >= 0.6 is 0 Å². The normalized spacial score (nSPS) is 28.5. The second-order valence-corrected chi connectivity index (χ2v) is 5.22. The van der Waals surface area contributed by atoms with Crippen molar-refractivity contribution in [3.63, 3.8) is 0 Å². The Balaban J connectivity index is 2.59. The number of pyridine rings is 1. The highest BCUT2D eigenvalue weighted by Crippen LogP contribution is 2.47. The molecule has 0 aromatic carbocycles. The smallest absolute Gasteiger partial charge is 0.267 e. The van der Waals surface area contributed by atoms with Crippen LogP contribution in [0.3, 0.4) is 0 Å². The fourth-order valence-corrected chi connectivity index (χ4v) is 3.23. The minimum absolute atomic E-state index is 0.244. The number of amides is 1. The summed E-state index contributed by atoms with van der Waals surface area (Å²) in [4.78, 5) is 15.3. The number of primary amides is 1. The number of ether oxygens (including phenoxy) is 1. The highest BCUT2D eigenvalue weighted by Gasteiger charge is 2.44.